The number of carbonyl (C=O) groups excluding carboxylic acids is 1. The summed E-state index contributed by atoms with van der Waals surface area (Å²) in [4.78, 5) is 16.9. The number of amides is 1. The second-order valence-corrected chi connectivity index (χ2v) is 12.1. The van der Waals surface area contributed by atoms with E-state index >= 15 is 0 Å². The van der Waals surface area contributed by atoms with Crippen LogP contribution in [0.15, 0.2) is 107 Å². The van der Waals surface area contributed by atoms with Gasteiger partial charge in [0.1, 0.15) is 12.4 Å². The number of pyridine rings is 1. The molecule has 0 radical (unpaired) electrons. The average Bonchev–Trinajstić information content (AvgIpc) is 2.90. The van der Waals surface area contributed by atoms with Crippen LogP contribution in [0.5, 0.6) is 0 Å². The van der Waals surface area contributed by atoms with Crippen LogP contribution < -0.4 is 14.3 Å². The van der Waals surface area contributed by atoms with E-state index in [0.29, 0.717) is 10.6 Å². The standard InChI is InChI=1S/C26H23ClN4O5S2/c1-19-10-11-20(27)17-24(19)31(38(35,36)23-7-3-2-4-8-23)18-26(32)29-21-12-14-22(15-13-21)37(33,34)30-25-9-5-6-16-28-25/h2-17H,18H2,1H3,(H,28,30)(H,29,32). The first-order valence-electron chi connectivity index (χ1n) is 11.2. The Morgan fingerprint density at radius 2 is 1.55 bits per heavy atom. The molecule has 0 fully saturated rings. The second kappa shape index (κ2) is 11.2. The summed E-state index contributed by atoms with van der Waals surface area (Å²) in [6, 6.07) is 22.8. The van der Waals surface area contributed by atoms with Gasteiger partial charge in [-0.25, -0.2) is 21.8 Å². The van der Waals surface area contributed by atoms with Crippen molar-refractivity contribution in [2.45, 2.75) is 16.7 Å². The summed E-state index contributed by atoms with van der Waals surface area (Å²) < 4.78 is 55.6. The Balaban J connectivity index is 1.56. The lowest BCUT2D eigenvalue weighted by Gasteiger charge is -2.26. The summed E-state index contributed by atoms with van der Waals surface area (Å²) in [6.45, 7) is 1.18. The van der Waals surface area contributed by atoms with Gasteiger partial charge in [-0.15, -0.1) is 0 Å². The van der Waals surface area contributed by atoms with Crippen LogP contribution in [0.3, 0.4) is 0 Å². The lowest BCUT2D eigenvalue weighted by molar-refractivity contribution is -0.114. The van der Waals surface area contributed by atoms with E-state index in [1.807, 2.05) is 0 Å². The van der Waals surface area contributed by atoms with Crippen molar-refractivity contribution in [2.24, 2.45) is 0 Å². The molecule has 0 unspecified atom stereocenters. The average molecular weight is 571 g/mol. The number of hydrogen-bond acceptors (Lipinski definition) is 6. The summed E-state index contributed by atoms with van der Waals surface area (Å²) in [5.74, 6) is -0.466. The lowest BCUT2D eigenvalue weighted by Crippen LogP contribution is -2.38. The molecule has 38 heavy (non-hydrogen) atoms. The largest absolute Gasteiger partial charge is 0.325 e. The number of nitrogens with zero attached hydrogens (tertiary/aromatic N) is 2. The number of aromatic nitrogens is 1. The first-order chi connectivity index (χ1) is 18.1. The summed E-state index contributed by atoms with van der Waals surface area (Å²) in [5.41, 5.74) is 1.15. The first-order valence-corrected chi connectivity index (χ1v) is 14.5. The van der Waals surface area contributed by atoms with Crippen molar-refractivity contribution in [1.82, 2.24) is 4.98 Å². The SMILES string of the molecule is Cc1ccc(Cl)cc1N(CC(=O)Nc1ccc(S(=O)(=O)Nc2ccccn2)cc1)S(=O)(=O)c1ccccc1. The molecule has 1 heterocycles. The third kappa shape index (κ3) is 6.31. The highest BCUT2D eigenvalue weighted by molar-refractivity contribution is 7.93. The van der Waals surface area contributed by atoms with Crippen LogP contribution in [-0.2, 0) is 24.8 Å². The van der Waals surface area contributed by atoms with Gasteiger partial charge in [0.05, 0.1) is 15.5 Å². The molecule has 0 aliphatic heterocycles. The maximum Gasteiger partial charge on any atom is 0.264 e. The molecule has 4 aromatic rings. The Morgan fingerprint density at radius 1 is 0.868 bits per heavy atom. The zero-order valence-corrected chi connectivity index (χ0v) is 22.5. The number of sulfonamides is 2. The molecule has 0 saturated carbocycles. The van der Waals surface area contributed by atoms with Crippen LogP contribution in [-0.4, -0.2) is 34.3 Å². The fourth-order valence-electron chi connectivity index (χ4n) is 3.54. The third-order valence-electron chi connectivity index (χ3n) is 5.41. The normalized spacial score (nSPS) is 11.5. The molecule has 0 bridgehead atoms. The highest BCUT2D eigenvalue weighted by Gasteiger charge is 2.28. The molecule has 0 atom stereocenters. The molecule has 3 aromatic carbocycles. The van der Waals surface area contributed by atoms with Crippen molar-refractivity contribution in [3.05, 3.63) is 108 Å². The van der Waals surface area contributed by atoms with Crippen molar-refractivity contribution < 1.29 is 21.6 Å². The van der Waals surface area contributed by atoms with E-state index in [-0.39, 0.29) is 27.0 Å². The van der Waals surface area contributed by atoms with Crippen LogP contribution in [0, 0.1) is 6.92 Å². The van der Waals surface area contributed by atoms with Crippen molar-refractivity contribution >= 4 is 54.7 Å². The molecule has 2 N–H and O–H groups in total. The van der Waals surface area contributed by atoms with Gasteiger partial charge in [-0.1, -0.05) is 41.9 Å². The van der Waals surface area contributed by atoms with Crippen molar-refractivity contribution in [3.63, 3.8) is 0 Å². The monoisotopic (exact) mass is 570 g/mol. The quantitative estimate of drug-likeness (QED) is 0.301. The molecule has 1 amide bonds. The van der Waals surface area contributed by atoms with E-state index in [1.54, 1.807) is 49.4 Å². The van der Waals surface area contributed by atoms with Gasteiger partial charge in [-0.3, -0.25) is 13.8 Å². The van der Waals surface area contributed by atoms with Crippen LogP contribution in [0.1, 0.15) is 5.56 Å². The minimum atomic E-state index is -4.12. The van der Waals surface area contributed by atoms with E-state index in [1.165, 1.54) is 54.7 Å². The molecule has 196 valence electrons. The molecule has 1 aromatic heterocycles. The van der Waals surface area contributed by atoms with Gasteiger partial charge in [0.15, 0.2) is 0 Å². The molecule has 12 heteroatoms. The fraction of sp³-hybridized carbons (Fsp3) is 0.0769. The molecule has 0 aliphatic rings. The van der Waals surface area contributed by atoms with E-state index < -0.39 is 32.5 Å². The van der Waals surface area contributed by atoms with E-state index in [9.17, 15) is 21.6 Å². The molecular weight excluding hydrogens is 548 g/mol. The minimum Gasteiger partial charge on any atom is -0.325 e. The van der Waals surface area contributed by atoms with Crippen LogP contribution in [0.25, 0.3) is 0 Å². The second-order valence-electron chi connectivity index (χ2n) is 8.15. The highest BCUT2D eigenvalue weighted by atomic mass is 35.5. The number of hydrogen-bond donors (Lipinski definition) is 2. The number of rotatable bonds is 9. The van der Waals surface area contributed by atoms with Gasteiger partial charge in [0, 0.05) is 16.9 Å². The fourth-order valence-corrected chi connectivity index (χ4v) is 6.21. The zero-order valence-electron chi connectivity index (χ0n) is 20.1. The molecule has 9 nitrogen and oxygen atoms in total. The number of aryl methyl sites for hydroxylation is 1. The summed E-state index contributed by atoms with van der Waals surface area (Å²) in [5, 5.41) is 2.94. The summed E-state index contributed by atoms with van der Waals surface area (Å²) >= 11 is 6.15. The maximum atomic E-state index is 13.5. The Labute approximate surface area is 226 Å². The Morgan fingerprint density at radius 3 is 2.21 bits per heavy atom. The number of halogens is 1. The van der Waals surface area contributed by atoms with Gasteiger partial charge in [0.25, 0.3) is 20.0 Å². The maximum absolute atomic E-state index is 13.5. The van der Waals surface area contributed by atoms with E-state index in [0.717, 1.165) is 4.31 Å². The van der Waals surface area contributed by atoms with Gasteiger partial charge in [0.2, 0.25) is 5.91 Å². The van der Waals surface area contributed by atoms with Crippen molar-refractivity contribution in [3.8, 4) is 0 Å². The van der Waals surface area contributed by atoms with Gasteiger partial charge < -0.3 is 5.32 Å². The molecule has 0 aliphatic carbocycles. The Bertz CT molecular complexity index is 1650. The highest BCUT2D eigenvalue weighted by Crippen LogP contribution is 2.29. The third-order valence-corrected chi connectivity index (χ3v) is 8.79. The molecular formula is C26H23ClN4O5S2. The molecule has 0 saturated heterocycles. The predicted molar refractivity (Wildman–Crippen MR) is 147 cm³/mol. The van der Waals surface area contributed by atoms with Gasteiger partial charge in [-0.2, -0.15) is 0 Å². The zero-order chi connectivity index (χ0) is 27.3. The minimum absolute atomic E-state index is 0.0159. The van der Waals surface area contributed by atoms with Crippen LogP contribution in [0.2, 0.25) is 5.02 Å². The van der Waals surface area contributed by atoms with Gasteiger partial charge in [-0.05, 0) is 73.2 Å². The topological polar surface area (TPSA) is 126 Å². The van der Waals surface area contributed by atoms with E-state index in [4.69, 9.17) is 11.6 Å². The van der Waals surface area contributed by atoms with Gasteiger partial charge >= 0.3 is 0 Å². The summed E-state index contributed by atoms with van der Waals surface area (Å²) in [6.07, 6.45) is 1.46. The predicted octanol–water partition coefficient (Wildman–Crippen LogP) is 4.68. The Kier molecular flexibility index (Phi) is 8.00. The lowest BCUT2D eigenvalue weighted by atomic mass is 10.2. The number of nitrogens with one attached hydrogen (secondary N) is 2. The summed E-state index contributed by atoms with van der Waals surface area (Å²) in [7, 11) is -8.01. The van der Waals surface area contributed by atoms with Crippen LogP contribution >= 0.6 is 11.6 Å². The number of carbonyl (C=O) groups is 1. The number of benzene rings is 3. The first kappa shape index (κ1) is 27.1. The number of anilines is 3. The van der Waals surface area contributed by atoms with E-state index in [2.05, 4.69) is 15.0 Å². The smallest absolute Gasteiger partial charge is 0.264 e. The molecule has 4 rings (SSSR count). The Hall–Kier alpha value is -3.93. The van der Waals surface area contributed by atoms with Crippen LogP contribution in [0.4, 0.5) is 17.2 Å². The molecule has 0 spiro atoms. The van der Waals surface area contributed by atoms with Crippen molar-refractivity contribution in [1.29, 1.82) is 0 Å². The van der Waals surface area contributed by atoms with Crippen molar-refractivity contribution in [2.75, 3.05) is 20.9 Å².